The summed E-state index contributed by atoms with van der Waals surface area (Å²) < 4.78 is 0. The van der Waals surface area contributed by atoms with E-state index in [0.29, 0.717) is 23.5 Å². The number of hydrogen-bond acceptors (Lipinski definition) is 3. The number of carbonyl (C=O) groups is 1. The van der Waals surface area contributed by atoms with Crippen LogP contribution in [0.3, 0.4) is 0 Å². The number of nitrogens with zero attached hydrogens (tertiary/aromatic N) is 2. The van der Waals surface area contributed by atoms with Gasteiger partial charge in [-0.1, -0.05) is 19.1 Å². The highest BCUT2D eigenvalue weighted by Gasteiger charge is 2.37. The van der Waals surface area contributed by atoms with Crippen LogP contribution >= 0.6 is 12.2 Å². The minimum atomic E-state index is -0.276. The number of nitrogens with two attached hydrogens (primary N) is 1. The van der Waals surface area contributed by atoms with Gasteiger partial charge in [-0.2, -0.15) is 0 Å². The molecule has 2 bridgehead atoms. The van der Waals surface area contributed by atoms with Crippen LogP contribution in [-0.4, -0.2) is 52.9 Å². The minimum absolute atomic E-state index is 0.131. The number of rotatable bonds is 3. The van der Waals surface area contributed by atoms with E-state index in [0.717, 1.165) is 19.5 Å². The zero-order valence-corrected chi connectivity index (χ0v) is 12.1. The molecule has 2 rings (SSSR count). The minimum Gasteiger partial charge on any atom is -0.393 e. The molecule has 0 aromatic carbocycles. The highest BCUT2D eigenvalue weighted by molar-refractivity contribution is 7.80. The SMILES string of the molecule is CCC(C(=O)N1CCC2CCC(C1)N2C)C(N)=S. The fourth-order valence-corrected chi connectivity index (χ4v) is 3.49. The first-order chi connectivity index (χ1) is 8.54. The highest BCUT2D eigenvalue weighted by atomic mass is 32.1. The third-order valence-electron chi connectivity index (χ3n) is 4.51. The molecule has 0 radical (unpaired) electrons. The van der Waals surface area contributed by atoms with E-state index in [1.54, 1.807) is 0 Å². The lowest BCUT2D eigenvalue weighted by atomic mass is 10.0. The third kappa shape index (κ3) is 2.52. The van der Waals surface area contributed by atoms with Crippen molar-refractivity contribution < 1.29 is 4.79 Å². The van der Waals surface area contributed by atoms with Crippen LogP contribution in [0.25, 0.3) is 0 Å². The molecular formula is C13H23N3OS. The van der Waals surface area contributed by atoms with Crippen molar-refractivity contribution in [3.05, 3.63) is 0 Å². The number of carbonyl (C=O) groups excluding carboxylic acids is 1. The average molecular weight is 269 g/mol. The lowest BCUT2D eigenvalue weighted by molar-refractivity contribution is -0.133. The lowest BCUT2D eigenvalue weighted by Gasteiger charge is -2.28. The molecule has 2 N–H and O–H groups in total. The largest absolute Gasteiger partial charge is 0.393 e. The van der Waals surface area contributed by atoms with Crippen LogP contribution in [-0.2, 0) is 4.79 Å². The first-order valence-corrected chi connectivity index (χ1v) is 7.25. The van der Waals surface area contributed by atoms with Crippen LogP contribution in [0.15, 0.2) is 0 Å². The van der Waals surface area contributed by atoms with E-state index in [9.17, 15) is 4.79 Å². The Bertz CT molecular complexity index is 347. The summed E-state index contributed by atoms with van der Waals surface area (Å²) in [5.74, 6) is -0.145. The van der Waals surface area contributed by atoms with Gasteiger partial charge in [0.25, 0.3) is 0 Å². The Kier molecular flexibility index (Phi) is 4.22. The molecule has 1 amide bonds. The van der Waals surface area contributed by atoms with Crippen LogP contribution < -0.4 is 5.73 Å². The van der Waals surface area contributed by atoms with Gasteiger partial charge in [-0.05, 0) is 32.7 Å². The normalized spacial score (nSPS) is 30.0. The molecule has 2 aliphatic heterocycles. The van der Waals surface area contributed by atoms with Gasteiger partial charge in [0.15, 0.2) is 0 Å². The Balaban J connectivity index is 2.05. The van der Waals surface area contributed by atoms with E-state index < -0.39 is 0 Å². The van der Waals surface area contributed by atoms with Gasteiger partial charge in [0.1, 0.15) is 0 Å². The summed E-state index contributed by atoms with van der Waals surface area (Å²) >= 11 is 5.01. The summed E-state index contributed by atoms with van der Waals surface area (Å²) in [5.41, 5.74) is 5.67. The molecule has 0 aromatic rings. The number of amides is 1. The predicted octanol–water partition coefficient (Wildman–Crippen LogP) is 0.994. The van der Waals surface area contributed by atoms with Crippen molar-refractivity contribution in [1.82, 2.24) is 9.80 Å². The summed E-state index contributed by atoms with van der Waals surface area (Å²) in [6, 6.07) is 1.17. The maximum atomic E-state index is 12.4. The molecule has 2 aliphatic rings. The van der Waals surface area contributed by atoms with Gasteiger partial charge in [-0.3, -0.25) is 9.69 Å². The summed E-state index contributed by atoms with van der Waals surface area (Å²) in [5, 5.41) is 0. The molecule has 5 heteroatoms. The standard InChI is InChI=1S/C13H23N3OS/c1-3-11(12(14)18)13(17)16-7-6-9-4-5-10(8-16)15(9)2/h9-11H,3-8H2,1-2H3,(H2,14,18). The topological polar surface area (TPSA) is 49.6 Å². The number of likely N-dealkylation sites (N-methyl/N-ethyl adjacent to an activating group) is 1. The lowest BCUT2D eigenvalue weighted by Crippen LogP contribution is -2.45. The monoisotopic (exact) mass is 269 g/mol. The Morgan fingerprint density at radius 3 is 2.67 bits per heavy atom. The van der Waals surface area contributed by atoms with Gasteiger partial charge in [-0.25, -0.2) is 0 Å². The van der Waals surface area contributed by atoms with E-state index in [1.807, 2.05) is 11.8 Å². The van der Waals surface area contributed by atoms with Crippen LogP contribution in [0, 0.1) is 5.92 Å². The summed E-state index contributed by atoms with van der Waals surface area (Å²) in [6.45, 7) is 3.66. The number of thiocarbonyl (C=S) groups is 1. The van der Waals surface area contributed by atoms with Gasteiger partial charge in [0, 0.05) is 25.2 Å². The maximum Gasteiger partial charge on any atom is 0.232 e. The fraction of sp³-hybridized carbons (Fsp3) is 0.846. The van der Waals surface area contributed by atoms with E-state index in [2.05, 4.69) is 11.9 Å². The molecule has 18 heavy (non-hydrogen) atoms. The molecular weight excluding hydrogens is 246 g/mol. The zero-order chi connectivity index (χ0) is 13.3. The quantitative estimate of drug-likeness (QED) is 0.776. The summed E-state index contributed by atoms with van der Waals surface area (Å²) in [6.07, 6.45) is 4.26. The van der Waals surface area contributed by atoms with Crippen LogP contribution in [0.5, 0.6) is 0 Å². The van der Waals surface area contributed by atoms with Crippen molar-refractivity contribution in [2.45, 2.75) is 44.7 Å². The van der Waals surface area contributed by atoms with Gasteiger partial charge < -0.3 is 10.6 Å². The van der Waals surface area contributed by atoms with Gasteiger partial charge in [0.05, 0.1) is 10.9 Å². The van der Waals surface area contributed by atoms with Gasteiger partial charge in [-0.15, -0.1) is 0 Å². The number of likely N-dealkylation sites (tertiary alicyclic amines) is 1. The molecule has 3 unspecified atom stereocenters. The van der Waals surface area contributed by atoms with Crippen molar-refractivity contribution in [2.24, 2.45) is 11.7 Å². The summed E-state index contributed by atoms with van der Waals surface area (Å²) in [4.78, 5) is 17.2. The molecule has 0 aromatic heterocycles. The van der Waals surface area contributed by atoms with Crippen molar-refractivity contribution in [3.8, 4) is 0 Å². The molecule has 102 valence electrons. The van der Waals surface area contributed by atoms with Gasteiger partial charge >= 0.3 is 0 Å². The van der Waals surface area contributed by atoms with E-state index in [4.69, 9.17) is 18.0 Å². The van der Waals surface area contributed by atoms with E-state index in [-0.39, 0.29) is 11.8 Å². The summed E-state index contributed by atoms with van der Waals surface area (Å²) in [7, 11) is 2.18. The molecule has 0 aliphatic carbocycles. The van der Waals surface area contributed by atoms with Crippen LogP contribution in [0.2, 0.25) is 0 Å². The van der Waals surface area contributed by atoms with Crippen molar-refractivity contribution in [2.75, 3.05) is 20.1 Å². The molecule has 2 saturated heterocycles. The maximum absolute atomic E-state index is 12.4. The second kappa shape index (κ2) is 5.53. The zero-order valence-electron chi connectivity index (χ0n) is 11.3. The second-order valence-electron chi connectivity index (χ2n) is 5.49. The number of hydrogen-bond donors (Lipinski definition) is 1. The third-order valence-corrected chi connectivity index (χ3v) is 4.79. The molecule has 3 atom stereocenters. The van der Waals surface area contributed by atoms with Crippen LogP contribution in [0.4, 0.5) is 0 Å². The fourth-order valence-electron chi connectivity index (χ4n) is 3.23. The van der Waals surface area contributed by atoms with E-state index in [1.165, 1.54) is 12.8 Å². The van der Waals surface area contributed by atoms with E-state index >= 15 is 0 Å². The number of fused-ring (bicyclic) bond motifs is 2. The molecule has 0 saturated carbocycles. The van der Waals surface area contributed by atoms with Crippen molar-refractivity contribution in [1.29, 1.82) is 0 Å². The first kappa shape index (κ1) is 13.7. The average Bonchev–Trinajstić information content (AvgIpc) is 2.53. The molecule has 4 nitrogen and oxygen atoms in total. The van der Waals surface area contributed by atoms with Gasteiger partial charge in [0.2, 0.25) is 5.91 Å². The molecule has 2 fully saturated rings. The smallest absolute Gasteiger partial charge is 0.232 e. The second-order valence-corrected chi connectivity index (χ2v) is 5.96. The Morgan fingerprint density at radius 2 is 2.06 bits per heavy atom. The van der Waals surface area contributed by atoms with Crippen LogP contribution in [0.1, 0.15) is 32.6 Å². The molecule has 0 spiro atoms. The Hall–Kier alpha value is -0.680. The Labute approximate surface area is 114 Å². The highest BCUT2D eigenvalue weighted by Crippen LogP contribution is 2.29. The van der Waals surface area contributed by atoms with Crippen molar-refractivity contribution >= 4 is 23.1 Å². The Morgan fingerprint density at radius 1 is 1.39 bits per heavy atom. The first-order valence-electron chi connectivity index (χ1n) is 6.84. The van der Waals surface area contributed by atoms with Crippen molar-refractivity contribution in [3.63, 3.8) is 0 Å². The predicted molar refractivity (Wildman–Crippen MR) is 76.3 cm³/mol. The molecule has 2 heterocycles.